The van der Waals surface area contributed by atoms with Crippen LogP contribution in [0.15, 0.2) is 53.4 Å². The van der Waals surface area contributed by atoms with Gasteiger partial charge in [-0.2, -0.15) is 0 Å². The molecule has 1 aliphatic heterocycles. The molecule has 1 N–H and O–H groups in total. The fraction of sp³-hybridized carbons (Fsp3) is 0.318. The highest BCUT2D eigenvalue weighted by atomic mass is 32.2. The van der Waals surface area contributed by atoms with Gasteiger partial charge in [-0.25, -0.2) is 8.42 Å². The molecule has 7 heteroatoms. The molecule has 0 aliphatic carbocycles. The molecule has 154 valence electrons. The fourth-order valence-electron chi connectivity index (χ4n) is 3.46. The number of anilines is 2. The molecule has 0 fully saturated rings. The summed E-state index contributed by atoms with van der Waals surface area (Å²) in [6, 6.07) is 11.9. The number of ether oxygens (including phenoxy) is 1. The zero-order valence-corrected chi connectivity index (χ0v) is 18.1. The summed E-state index contributed by atoms with van der Waals surface area (Å²) in [5.74, 6) is -0.634. The van der Waals surface area contributed by atoms with Gasteiger partial charge in [0.25, 0.3) is 10.0 Å². The first-order valence-corrected chi connectivity index (χ1v) is 10.8. The first kappa shape index (κ1) is 20.9. The van der Waals surface area contributed by atoms with Gasteiger partial charge >= 0.3 is 5.97 Å². The maximum atomic E-state index is 13.3. The predicted octanol–water partition coefficient (Wildman–Crippen LogP) is 3.97. The van der Waals surface area contributed by atoms with E-state index in [1.54, 1.807) is 36.4 Å². The third-order valence-corrected chi connectivity index (χ3v) is 6.65. The number of nitrogens with zero attached hydrogens (tertiary/aromatic N) is 1. The quantitative estimate of drug-likeness (QED) is 0.749. The molecule has 0 spiro atoms. The summed E-state index contributed by atoms with van der Waals surface area (Å²) in [7, 11) is -2.71. The molecule has 2 aromatic rings. The normalized spacial score (nSPS) is 15.0. The molecule has 2 aromatic carbocycles. The van der Waals surface area contributed by atoms with Gasteiger partial charge in [-0.1, -0.05) is 23.8 Å². The highest BCUT2D eigenvalue weighted by molar-refractivity contribution is 7.92. The van der Waals surface area contributed by atoms with Crippen LogP contribution in [0.2, 0.25) is 0 Å². The van der Waals surface area contributed by atoms with Crippen LogP contribution in [0.4, 0.5) is 11.4 Å². The van der Waals surface area contributed by atoms with Crippen molar-refractivity contribution in [3.63, 3.8) is 0 Å². The van der Waals surface area contributed by atoms with Gasteiger partial charge in [0, 0.05) is 11.3 Å². The van der Waals surface area contributed by atoms with Crippen LogP contribution in [-0.4, -0.2) is 33.6 Å². The van der Waals surface area contributed by atoms with E-state index < -0.39 is 22.5 Å². The second-order valence-electron chi connectivity index (χ2n) is 7.80. The lowest BCUT2D eigenvalue weighted by atomic mass is 9.91. The Hall–Kier alpha value is -2.80. The second-order valence-corrected chi connectivity index (χ2v) is 9.67. The predicted molar refractivity (Wildman–Crippen MR) is 116 cm³/mol. The number of aryl methyl sites for hydroxylation is 1. The molecule has 0 amide bonds. The van der Waals surface area contributed by atoms with Crippen LogP contribution in [0.5, 0.6) is 0 Å². The summed E-state index contributed by atoms with van der Waals surface area (Å²) >= 11 is 0. The van der Waals surface area contributed by atoms with Crippen molar-refractivity contribution in [2.24, 2.45) is 0 Å². The molecule has 0 atom stereocenters. The highest BCUT2D eigenvalue weighted by Gasteiger charge is 2.29. The molecule has 3 rings (SSSR count). The Labute approximate surface area is 172 Å². The Balaban J connectivity index is 2.10. The minimum absolute atomic E-state index is 0.122. The average molecular weight is 415 g/mol. The van der Waals surface area contributed by atoms with Crippen molar-refractivity contribution in [3.8, 4) is 0 Å². The number of hydrogen-bond acceptors (Lipinski definition) is 5. The topological polar surface area (TPSA) is 75.7 Å². The van der Waals surface area contributed by atoms with E-state index in [0.29, 0.717) is 5.69 Å². The summed E-state index contributed by atoms with van der Waals surface area (Å²) in [4.78, 5) is 12.1. The Kier molecular flexibility index (Phi) is 5.45. The number of carbonyl (C=O) groups is 1. The van der Waals surface area contributed by atoms with Gasteiger partial charge in [-0.3, -0.25) is 9.10 Å². The minimum atomic E-state index is -3.95. The summed E-state index contributed by atoms with van der Waals surface area (Å²) in [6.07, 6.45) is 2.10. The first-order valence-electron chi connectivity index (χ1n) is 9.32. The lowest BCUT2D eigenvalue weighted by Gasteiger charge is -2.32. The molecule has 0 radical (unpaired) electrons. The number of hydrogen-bond donors (Lipinski definition) is 1. The molecular formula is C22H26N2O4S. The number of sulfonamides is 1. The molecule has 0 aromatic heterocycles. The number of fused-ring (bicyclic) bond motifs is 1. The Morgan fingerprint density at radius 1 is 1.10 bits per heavy atom. The molecule has 0 saturated carbocycles. The zero-order chi connectivity index (χ0) is 21.4. The highest BCUT2D eigenvalue weighted by Crippen LogP contribution is 2.37. The molecule has 6 nitrogen and oxygen atoms in total. The van der Waals surface area contributed by atoms with E-state index in [4.69, 9.17) is 4.74 Å². The van der Waals surface area contributed by atoms with Crippen molar-refractivity contribution in [3.05, 3.63) is 59.7 Å². The van der Waals surface area contributed by atoms with Crippen LogP contribution in [0, 0.1) is 6.92 Å². The van der Waals surface area contributed by atoms with E-state index in [0.717, 1.165) is 26.7 Å². The van der Waals surface area contributed by atoms with Gasteiger partial charge in [0.1, 0.15) is 6.54 Å². The maximum absolute atomic E-state index is 13.3. The van der Waals surface area contributed by atoms with Crippen LogP contribution in [0.3, 0.4) is 0 Å². The van der Waals surface area contributed by atoms with Crippen LogP contribution in [0.1, 0.15) is 31.9 Å². The largest absolute Gasteiger partial charge is 0.468 e. The number of allylic oxidation sites excluding steroid dienone is 1. The molecule has 1 heterocycles. The van der Waals surface area contributed by atoms with Gasteiger partial charge < -0.3 is 10.1 Å². The van der Waals surface area contributed by atoms with Crippen molar-refractivity contribution < 1.29 is 17.9 Å². The SMILES string of the molecule is COC(=O)CN(c1ccc2c(c1)C(C)=CC(C)(C)N2)S(=O)(=O)c1ccc(C)cc1. The van der Waals surface area contributed by atoms with Crippen molar-refractivity contribution in [1.82, 2.24) is 0 Å². The number of methoxy groups -OCH3 is 1. The summed E-state index contributed by atoms with van der Waals surface area (Å²) in [6.45, 7) is 7.60. The molecular weight excluding hydrogens is 388 g/mol. The number of benzene rings is 2. The third-order valence-electron chi connectivity index (χ3n) is 4.86. The van der Waals surface area contributed by atoms with Crippen molar-refractivity contribution in [1.29, 1.82) is 0 Å². The lowest BCUT2D eigenvalue weighted by molar-refractivity contribution is -0.138. The van der Waals surface area contributed by atoms with E-state index >= 15 is 0 Å². The van der Waals surface area contributed by atoms with Gasteiger partial charge in [0.15, 0.2) is 0 Å². The summed E-state index contributed by atoms with van der Waals surface area (Å²) in [5, 5.41) is 3.43. The van der Waals surface area contributed by atoms with E-state index in [2.05, 4.69) is 25.2 Å². The van der Waals surface area contributed by atoms with Crippen molar-refractivity contribution in [2.45, 2.75) is 38.1 Å². The fourth-order valence-corrected chi connectivity index (χ4v) is 4.86. The molecule has 0 bridgehead atoms. The summed E-state index contributed by atoms with van der Waals surface area (Å²) < 4.78 is 32.5. The number of nitrogens with one attached hydrogen (secondary N) is 1. The smallest absolute Gasteiger partial charge is 0.326 e. The Morgan fingerprint density at radius 2 is 1.76 bits per heavy atom. The van der Waals surface area contributed by atoms with E-state index in [1.807, 2.05) is 19.9 Å². The van der Waals surface area contributed by atoms with E-state index in [9.17, 15) is 13.2 Å². The number of rotatable bonds is 5. The van der Waals surface area contributed by atoms with Crippen molar-refractivity contribution >= 4 is 32.9 Å². The minimum Gasteiger partial charge on any atom is -0.468 e. The number of esters is 1. The van der Waals surface area contributed by atoms with Crippen molar-refractivity contribution in [2.75, 3.05) is 23.3 Å². The van der Waals surface area contributed by atoms with Crippen LogP contribution >= 0.6 is 0 Å². The van der Waals surface area contributed by atoms with Gasteiger partial charge in [-0.15, -0.1) is 0 Å². The van der Waals surface area contributed by atoms with E-state index in [1.165, 1.54) is 7.11 Å². The van der Waals surface area contributed by atoms with E-state index in [-0.39, 0.29) is 10.4 Å². The van der Waals surface area contributed by atoms with Gasteiger partial charge in [0.2, 0.25) is 0 Å². The van der Waals surface area contributed by atoms with Crippen LogP contribution < -0.4 is 9.62 Å². The van der Waals surface area contributed by atoms with Gasteiger partial charge in [0.05, 0.1) is 23.2 Å². The Bertz CT molecular complexity index is 1070. The molecule has 1 aliphatic rings. The van der Waals surface area contributed by atoms with Crippen LogP contribution in [0.25, 0.3) is 5.57 Å². The third kappa shape index (κ3) is 4.29. The molecule has 0 saturated heterocycles. The van der Waals surface area contributed by atoms with Gasteiger partial charge in [-0.05, 0) is 63.6 Å². The number of carbonyl (C=O) groups excluding carboxylic acids is 1. The van der Waals surface area contributed by atoms with Crippen LogP contribution in [-0.2, 0) is 19.6 Å². The zero-order valence-electron chi connectivity index (χ0n) is 17.3. The molecule has 29 heavy (non-hydrogen) atoms. The molecule has 0 unspecified atom stereocenters. The standard InChI is InChI=1S/C22H26N2O4S/c1-15-6-9-18(10-7-15)29(26,27)24(14-21(25)28-5)17-8-11-20-19(12-17)16(2)13-22(3,4)23-20/h6-13,23H,14H2,1-5H3. The maximum Gasteiger partial charge on any atom is 0.326 e. The Morgan fingerprint density at radius 3 is 2.38 bits per heavy atom. The lowest BCUT2D eigenvalue weighted by Crippen LogP contribution is -2.36. The first-order chi connectivity index (χ1) is 13.5. The second kappa shape index (κ2) is 7.55. The monoisotopic (exact) mass is 414 g/mol. The average Bonchev–Trinajstić information content (AvgIpc) is 2.65. The summed E-state index contributed by atoms with van der Waals surface area (Å²) in [5.41, 5.74) is 4.02.